The summed E-state index contributed by atoms with van der Waals surface area (Å²) in [7, 11) is -4.27. The van der Waals surface area contributed by atoms with Crippen LogP contribution >= 0.6 is 0 Å². The molecule has 0 fully saturated rings. The summed E-state index contributed by atoms with van der Waals surface area (Å²) in [5.41, 5.74) is 2.46. The Labute approximate surface area is 263 Å². The Hall–Kier alpha value is -4.77. The summed E-state index contributed by atoms with van der Waals surface area (Å²) in [6, 6.07) is 17.0. The number of benzene rings is 4. The van der Waals surface area contributed by atoms with Gasteiger partial charge in [-0.25, -0.2) is 8.42 Å². The molecule has 0 bridgehead atoms. The van der Waals surface area contributed by atoms with Crippen LogP contribution in [0.5, 0.6) is 11.5 Å². The first-order valence-electron chi connectivity index (χ1n) is 14.9. The van der Waals surface area contributed by atoms with Gasteiger partial charge in [0, 0.05) is 27.9 Å². The van der Waals surface area contributed by atoms with Crippen LogP contribution in [-0.4, -0.2) is 24.5 Å². The van der Waals surface area contributed by atoms with Crippen molar-refractivity contribution in [3.05, 3.63) is 118 Å². The van der Waals surface area contributed by atoms with Crippen molar-refractivity contribution >= 4 is 33.4 Å². The molecule has 3 aliphatic rings. The molecule has 4 N–H and O–H groups in total. The van der Waals surface area contributed by atoms with Gasteiger partial charge in [0.15, 0.2) is 0 Å². The molecular formula is C35H29F3N2O5S. The molecule has 0 saturated carbocycles. The quantitative estimate of drug-likeness (QED) is 0.168. The molecule has 2 atom stereocenters. The molecule has 0 spiro atoms. The number of hydrogen-bond acceptors (Lipinski definition) is 5. The van der Waals surface area contributed by atoms with Crippen LogP contribution in [0.3, 0.4) is 0 Å². The summed E-state index contributed by atoms with van der Waals surface area (Å²) < 4.78 is 68.3. The maximum Gasteiger partial charge on any atom is 0.416 e. The number of aromatic hydroxyl groups is 2. The lowest BCUT2D eigenvalue weighted by Crippen LogP contribution is -2.37. The number of sulfonamides is 1. The molecule has 236 valence electrons. The van der Waals surface area contributed by atoms with Gasteiger partial charge >= 0.3 is 6.18 Å². The van der Waals surface area contributed by atoms with E-state index in [1.54, 1.807) is 6.07 Å². The van der Waals surface area contributed by atoms with Gasteiger partial charge in [-0.05, 0) is 103 Å². The Morgan fingerprint density at radius 1 is 0.935 bits per heavy atom. The molecule has 1 amide bonds. The maximum atomic E-state index is 13.9. The van der Waals surface area contributed by atoms with E-state index in [2.05, 4.69) is 10.0 Å². The Bertz CT molecular complexity index is 2040. The number of hydrogen-bond donors (Lipinski definition) is 4. The monoisotopic (exact) mass is 646 g/mol. The first-order valence-corrected chi connectivity index (χ1v) is 16.3. The van der Waals surface area contributed by atoms with E-state index in [1.807, 2.05) is 36.4 Å². The Morgan fingerprint density at radius 3 is 2.39 bits per heavy atom. The summed E-state index contributed by atoms with van der Waals surface area (Å²) in [5.74, 6) is -1.07. The van der Waals surface area contributed by atoms with Crippen LogP contribution in [0.2, 0.25) is 0 Å². The van der Waals surface area contributed by atoms with Crippen molar-refractivity contribution in [1.82, 2.24) is 0 Å². The molecule has 0 radical (unpaired) electrons. The van der Waals surface area contributed by atoms with Crippen LogP contribution in [0, 0.1) is 0 Å². The topological polar surface area (TPSA) is 116 Å². The van der Waals surface area contributed by atoms with Gasteiger partial charge in [-0.15, -0.1) is 0 Å². The zero-order valence-electron chi connectivity index (χ0n) is 24.4. The molecule has 2 aliphatic carbocycles. The normalized spacial score (nSPS) is 20.2. The molecular weight excluding hydrogens is 617 g/mol. The number of carbonyl (C=O) groups excluding carboxylic acids is 1. The predicted molar refractivity (Wildman–Crippen MR) is 167 cm³/mol. The molecule has 46 heavy (non-hydrogen) atoms. The fraction of sp³-hybridized carbons (Fsp3) is 0.229. The van der Waals surface area contributed by atoms with E-state index in [-0.39, 0.29) is 34.4 Å². The average molecular weight is 647 g/mol. The van der Waals surface area contributed by atoms with Gasteiger partial charge in [0.1, 0.15) is 11.5 Å². The van der Waals surface area contributed by atoms with Gasteiger partial charge in [0.25, 0.3) is 10.0 Å². The van der Waals surface area contributed by atoms with E-state index in [0.29, 0.717) is 35.2 Å². The van der Waals surface area contributed by atoms with Gasteiger partial charge in [-0.3, -0.25) is 9.52 Å². The summed E-state index contributed by atoms with van der Waals surface area (Å²) in [6.45, 7) is 0. The van der Waals surface area contributed by atoms with E-state index in [4.69, 9.17) is 0 Å². The van der Waals surface area contributed by atoms with Crippen LogP contribution in [0.1, 0.15) is 57.7 Å². The highest BCUT2D eigenvalue weighted by Crippen LogP contribution is 2.54. The lowest BCUT2D eigenvalue weighted by molar-refractivity contribution is -0.137. The van der Waals surface area contributed by atoms with E-state index < -0.39 is 33.1 Å². The van der Waals surface area contributed by atoms with Crippen LogP contribution in [0.15, 0.2) is 83.8 Å². The van der Waals surface area contributed by atoms with Crippen molar-refractivity contribution < 1.29 is 36.6 Å². The molecule has 11 heteroatoms. The number of alkyl halides is 3. The van der Waals surface area contributed by atoms with E-state index >= 15 is 0 Å². The van der Waals surface area contributed by atoms with E-state index in [1.165, 1.54) is 18.2 Å². The third kappa shape index (κ3) is 4.89. The van der Waals surface area contributed by atoms with Crippen molar-refractivity contribution in [2.24, 2.45) is 0 Å². The zero-order chi connectivity index (χ0) is 32.4. The van der Waals surface area contributed by atoms with E-state index in [9.17, 15) is 36.6 Å². The molecule has 4 aromatic carbocycles. The minimum atomic E-state index is -4.57. The molecule has 7 rings (SSSR count). The first kappa shape index (κ1) is 29.9. The smallest absolute Gasteiger partial charge is 0.416 e. The summed E-state index contributed by atoms with van der Waals surface area (Å²) >= 11 is 0. The molecule has 2 unspecified atom stereocenters. The van der Waals surface area contributed by atoms with Crippen molar-refractivity contribution in [3.63, 3.8) is 0 Å². The highest BCUT2D eigenvalue weighted by molar-refractivity contribution is 7.92. The maximum absolute atomic E-state index is 13.9. The van der Waals surface area contributed by atoms with E-state index in [0.717, 1.165) is 53.8 Å². The average Bonchev–Trinajstić information content (AvgIpc) is 3.56. The molecule has 0 saturated heterocycles. The number of carbonyl (C=O) groups is 1. The highest BCUT2D eigenvalue weighted by atomic mass is 32.2. The zero-order valence-corrected chi connectivity index (χ0v) is 25.2. The lowest BCUT2D eigenvalue weighted by Gasteiger charge is -2.35. The summed E-state index contributed by atoms with van der Waals surface area (Å²) in [6.07, 6.45) is 2.48. The van der Waals surface area contributed by atoms with Crippen molar-refractivity contribution in [2.75, 3.05) is 10.0 Å². The molecule has 1 heterocycles. The third-order valence-electron chi connectivity index (χ3n) is 9.33. The fourth-order valence-electron chi connectivity index (χ4n) is 7.18. The van der Waals surface area contributed by atoms with Crippen LogP contribution in [0.25, 0.3) is 6.08 Å². The number of phenolic OH excluding ortho intramolecular Hbond substituents is 2. The van der Waals surface area contributed by atoms with Crippen LogP contribution < -0.4 is 10.0 Å². The highest BCUT2D eigenvalue weighted by Gasteiger charge is 2.50. The molecule has 7 nitrogen and oxygen atoms in total. The molecule has 4 aromatic rings. The number of amides is 1. The van der Waals surface area contributed by atoms with Gasteiger partial charge in [0.2, 0.25) is 5.91 Å². The van der Waals surface area contributed by atoms with Crippen LogP contribution in [-0.2, 0) is 45.7 Å². The number of phenols is 2. The number of allylic oxidation sites excluding steroid dienone is 1. The number of halogens is 3. The van der Waals surface area contributed by atoms with Crippen LogP contribution in [0.4, 0.5) is 24.5 Å². The largest absolute Gasteiger partial charge is 0.508 e. The number of fused-ring (bicyclic) bond motifs is 3. The number of nitrogens with one attached hydrogen (secondary N) is 2. The minimum absolute atomic E-state index is 0.0499. The molecule has 1 aliphatic heterocycles. The second-order valence-electron chi connectivity index (χ2n) is 12.1. The van der Waals surface area contributed by atoms with Gasteiger partial charge in [-0.2, -0.15) is 13.2 Å². The Balaban J connectivity index is 1.31. The predicted octanol–water partition coefficient (Wildman–Crippen LogP) is 7.04. The van der Waals surface area contributed by atoms with Gasteiger partial charge < -0.3 is 15.5 Å². The van der Waals surface area contributed by atoms with Crippen molar-refractivity contribution in [1.29, 1.82) is 0 Å². The van der Waals surface area contributed by atoms with Gasteiger partial charge in [0.05, 0.1) is 16.4 Å². The van der Waals surface area contributed by atoms with Crippen molar-refractivity contribution in [2.45, 2.75) is 54.5 Å². The Kier molecular flexibility index (Phi) is 6.93. The number of rotatable bonds is 6. The second-order valence-corrected chi connectivity index (χ2v) is 13.7. The Morgan fingerprint density at radius 2 is 1.65 bits per heavy atom. The summed E-state index contributed by atoms with van der Waals surface area (Å²) in [5, 5.41) is 25.3. The first-order chi connectivity index (χ1) is 21.9. The SMILES string of the molecule is O=C1Nc2ccc(S(=O)(=O)Nc3ccc(C(F)(F)F)cc3)cc2C1C1(Cc2cc(O)c3c(c2O)CCCC3)C=Cc2ccccc21. The number of anilines is 2. The fourth-order valence-corrected chi connectivity index (χ4v) is 8.27. The van der Waals surface area contributed by atoms with Crippen molar-refractivity contribution in [3.8, 4) is 11.5 Å². The summed E-state index contributed by atoms with van der Waals surface area (Å²) in [4.78, 5) is 13.7. The van der Waals surface area contributed by atoms with Gasteiger partial charge in [-0.1, -0.05) is 36.4 Å². The lowest BCUT2D eigenvalue weighted by atomic mass is 9.65. The third-order valence-corrected chi connectivity index (χ3v) is 10.7. The molecule has 0 aromatic heterocycles. The standard InChI is InChI=1S/C35H29F3N2O5S/c36-35(37,38)22-9-11-23(12-10-22)40-46(44,45)24-13-14-29-27(18-24)31(33(43)39-29)34(16-15-20-5-1-4-8-28(20)34)19-21-17-30(41)25-6-2-3-7-26(25)32(21)42/h1,4-5,8-18,31,40-42H,2-3,6-7,19H2,(H,39,43). The second kappa shape index (κ2) is 10.7. The minimum Gasteiger partial charge on any atom is -0.508 e.